The predicted molar refractivity (Wildman–Crippen MR) is 106 cm³/mol. The molecule has 0 radical (unpaired) electrons. The van der Waals surface area contributed by atoms with E-state index in [1.807, 2.05) is 38.1 Å². The van der Waals surface area contributed by atoms with Gasteiger partial charge in [0.25, 0.3) is 5.91 Å². The number of carbonyl (C=O) groups excluding carboxylic acids is 1. The van der Waals surface area contributed by atoms with E-state index in [2.05, 4.69) is 17.1 Å². The third-order valence-electron chi connectivity index (χ3n) is 5.36. The zero-order valence-corrected chi connectivity index (χ0v) is 16.7. The van der Waals surface area contributed by atoms with Crippen LogP contribution in [-0.2, 0) is 9.53 Å². The molecule has 2 rings (SSSR count). The van der Waals surface area contributed by atoms with Crippen LogP contribution in [0.4, 0.5) is 5.69 Å². The van der Waals surface area contributed by atoms with Crippen LogP contribution in [0.2, 0.25) is 0 Å². The first-order chi connectivity index (χ1) is 12.5. The highest BCUT2D eigenvalue weighted by atomic mass is 16.5. The first-order valence-corrected chi connectivity index (χ1v) is 9.82. The van der Waals surface area contributed by atoms with E-state index in [0.29, 0.717) is 19.1 Å². The molecule has 1 fully saturated rings. The van der Waals surface area contributed by atoms with Crippen LogP contribution in [0.15, 0.2) is 24.3 Å². The Kier molecular flexibility index (Phi) is 7.91. The zero-order chi connectivity index (χ0) is 19.0. The highest BCUT2D eigenvalue weighted by Crippen LogP contribution is 2.22. The Hall–Kier alpha value is -1.59. The molecule has 146 valence electrons. The summed E-state index contributed by atoms with van der Waals surface area (Å²) in [6, 6.07) is 8.21. The molecule has 1 aromatic carbocycles. The molecular formula is C21H34N2O3. The quantitative estimate of drug-likeness (QED) is 0.719. The van der Waals surface area contributed by atoms with Gasteiger partial charge in [-0.3, -0.25) is 9.69 Å². The number of likely N-dealkylation sites (tertiary alicyclic amines) is 1. The monoisotopic (exact) mass is 362 g/mol. The summed E-state index contributed by atoms with van der Waals surface area (Å²) in [5, 5.41) is 2.93. The molecule has 0 saturated carbocycles. The van der Waals surface area contributed by atoms with Crippen molar-refractivity contribution in [1.29, 1.82) is 0 Å². The lowest BCUT2D eigenvalue weighted by Crippen LogP contribution is -2.41. The van der Waals surface area contributed by atoms with Gasteiger partial charge in [-0.2, -0.15) is 0 Å². The average Bonchev–Trinajstić information content (AvgIpc) is 2.64. The van der Waals surface area contributed by atoms with Gasteiger partial charge in [0.1, 0.15) is 18.0 Å². The summed E-state index contributed by atoms with van der Waals surface area (Å²) < 4.78 is 11.3. The maximum absolute atomic E-state index is 12.4. The number of hydrogen-bond acceptors (Lipinski definition) is 4. The molecule has 0 bridgehead atoms. The third kappa shape index (κ3) is 5.71. The molecule has 1 aromatic rings. The lowest BCUT2D eigenvalue weighted by molar-refractivity contribution is -0.136. The van der Waals surface area contributed by atoms with Gasteiger partial charge < -0.3 is 14.8 Å². The molecule has 5 heteroatoms. The number of nitrogens with one attached hydrogen (secondary N) is 1. The van der Waals surface area contributed by atoms with E-state index < -0.39 is 5.60 Å². The number of amides is 1. The lowest BCUT2D eigenvalue weighted by Gasteiger charge is -2.33. The number of piperidine rings is 1. The highest BCUT2D eigenvalue weighted by Gasteiger charge is 2.32. The van der Waals surface area contributed by atoms with Crippen LogP contribution in [0, 0.1) is 0 Å². The van der Waals surface area contributed by atoms with Gasteiger partial charge >= 0.3 is 0 Å². The molecule has 1 heterocycles. The van der Waals surface area contributed by atoms with Gasteiger partial charge in [-0.15, -0.1) is 0 Å². The number of hydrogen-bond donors (Lipinski definition) is 1. The van der Waals surface area contributed by atoms with Gasteiger partial charge in [-0.1, -0.05) is 19.8 Å². The number of anilines is 1. The molecule has 0 aliphatic carbocycles. The molecule has 1 aliphatic heterocycles. The van der Waals surface area contributed by atoms with Crippen molar-refractivity contribution in [2.45, 2.75) is 64.5 Å². The van der Waals surface area contributed by atoms with Crippen LogP contribution in [0.25, 0.3) is 0 Å². The first kappa shape index (κ1) is 20.7. The van der Waals surface area contributed by atoms with E-state index in [9.17, 15) is 4.79 Å². The Bertz CT molecular complexity index is 561. The molecule has 0 aromatic heterocycles. The van der Waals surface area contributed by atoms with Crippen LogP contribution in [0.1, 0.15) is 52.9 Å². The molecule has 1 saturated heterocycles. The maximum atomic E-state index is 12.4. The summed E-state index contributed by atoms with van der Waals surface area (Å²) in [6.45, 7) is 8.98. The number of rotatable bonds is 9. The van der Waals surface area contributed by atoms with E-state index in [0.717, 1.165) is 24.4 Å². The standard InChI is InChI=1S/C21H34N2O3/c1-5-13-21(3,25-4)20(24)22-18-9-11-19(12-10-18)26-16-15-23-14-7-6-8-17(23)2/h9-12,17H,5-8,13-16H2,1-4H3,(H,22,24)/t17-,21-/m1/s1. The summed E-state index contributed by atoms with van der Waals surface area (Å²) in [4.78, 5) is 14.9. The van der Waals surface area contributed by atoms with Crippen LogP contribution in [0.5, 0.6) is 5.75 Å². The molecular weight excluding hydrogens is 328 g/mol. The average molecular weight is 363 g/mol. The Balaban J connectivity index is 1.81. The van der Waals surface area contributed by atoms with Gasteiger partial charge in [-0.25, -0.2) is 0 Å². The zero-order valence-electron chi connectivity index (χ0n) is 16.7. The smallest absolute Gasteiger partial charge is 0.256 e. The molecule has 2 atom stereocenters. The molecule has 26 heavy (non-hydrogen) atoms. The van der Waals surface area contributed by atoms with Crippen molar-refractivity contribution in [1.82, 2.24) is 4.90 Å². The minimum atomic E-state index is -0.797. The Labute approximate surface area is 158 Å². The summed E-state index contributed by atoms with van der Waals surface area (Å²) in [5.41, 5.74) is -0.0407. The Morgan fingerprint density at radius 2 is 2.04 bits per heavy atom. The molecule has 0 unspecified atom stereocenters. The van der Waals surface area contributed by atoms with E-state index in [-0.39, 0.29) is 5.91 Å². The van der Waals surface area contributed by atoms with Gasteiger partial charge in [0.2, 0.25) is 0 Å². The van der Waals surface area contributed by atoms with Crippen molar-refractivity contribution in [3.63, 3.8) is 0 Å². The number of benzene rings is 1. The van der Waals surface area contributed by atoms with Crippen LogP contribution >= 0.6 is 0 Å². The lowest BCUT2D eigenvalue weighted by atomic mass is 9.99. The first-order valence-electron chi connectivity index (χ1n) is 9.82. The van der Waals surface area contributed by atoms with E-state index in [1.165, 1.54) is 25.8 Å². The van der Waals surface area contributed by atoms with Gasteiger partial charge in [-0.05, 0) is 63.9 Å². The van der Waals surface area contributed by atoms with Crippen LogP contribution < -0.4 is 10.1 Å². The molecule has 1 N–H and O–H groups in total. The number of nitrogens with zero attached hydrogens (tertiary/aromatic N) is 1. The van der Waals surface area contributed by atoms with E-state index in [1.54, 1.807) is 7.11 Å². The van der Waals surface area contributed by atoms with Crippen molar-refractivity contribution in [2.75, 3.05) is 32.1 Å². The molecule has 0 spiro atoms. The van der Waals surface area contributed by atoms with E-state index >= 15 is 0 Å². The van der Waals surface area contributed by atoms with Crippen LogP contribution in [-0.4, -0.2) is 49.3 Å². The fourth-order valence-electron chi connectivity index (χ4n) is 3.45. The number of carbonyl (C=O) groups is 1. The third-order valence-corrected chi connectivity index (χ3v) is 5.36. The normalized spacial score (nSPS) is 20.4. The Morgan fingerprint density at radius 1 is 1.31 bits per heavy atom. The van der Waals surface area contributed by atoms with Crippen LogP contribution in [0.3, 0.4) is 0 Å². The second-order valence-corrected chi connectivity index (χ2v) is 7.39. The number of ether oxygens (including phenoxy) is 2. The minimum Gasteiger partial charge on any atom is -0.492 e. The SMILES string of the molecule is CCC[C@@](C)(OC)C(=O)Nc1ccc(OCCN2CCCC[C@H]2C)cc1. The fourth-order valence-corrected chi connectivity index (χ4v) is 3.45. The summed E-state index contributed by atoms with van der Waals surface area (Å²) in [7, 11) is 1.58. The largest absolute Gasteiger partial charge is 0.492 e. The van der Waals surface area contributed by atoms with Crippen molar-refractivity contribution >= 4 is 11.6 Å². The molecule has 1 aliphatic rings. The Morgan fingerprint density at radius 3 is 2.65 bits per heavy atom. The fraction of sp³-hybridized carbons (Fsp3) is 0.667. The minimum absolute atomic E-state index is 0.116. The number of methoxy groups -OCH3 is 1. The predicted octanol–water partition coefficient (Wildman–Crippen LogP) is 4.08. The second kappa shape index (κ2) is 9.93. The van der Waals surface area contributed by atoms with Gasteiger partial charge in [0, 0.05) is 25.4 Å². The second-order valence-electron chi connectivity index (χ2n) is 7.39. The summed E-state index contributed by atoms with van der Waals surface area (Å²) in [6.07, 6.45) is 5.49. The maximum Gasteiger partial charge on any atom is 0.256 e. The van der Waals surface area contributed by atoms with Crippen molar-refractivity contribution < 1.29 is 14.3 Å². The highest BCUT2D eigenvalue weighted by molar-refractivity contribution is 5.97. The molecule has 1 amide bonds. The van der Waals surface area contributed by atoms with Crippen molar-refractivity contribution in [3.05, 3.63) is 24.3 Å². The van der Waals surface area contributed by atoms with Gasteiger partial charge in [0.05, 0.1) is 0 Å². The van der Waals surface area contributed by atoms with Gasteiger partial charge in [0.15, 0.2) is 0 Å². The topological polar surface area (TPSA) is 50.8 Å². The summed E-state index contributed by atoms with van der Waals surface area (Å²) >= 11 is 0. The van der Waals surface area contributed by atoms with E-state index in [4.69, 9.17) is 9.47 Å². The summed E-state index contributed by atoms with van der Waals surface area (Å²) in [5.74, 6) is 0.713. The molecule has 5 nitrogen and oxygen atoms in total. The van der Waals surface area contributed by atoms with Crippen molar-refractivity contribution in [2.24, 2.45) is 0 Å². The van der Waals surface area contributed by atoms with Crippen molar-refractivity contribution in [3.8, 4) is 5.75 Å².